The predicted molar refractivity (Wildman–Crippen MR) is 218 cm³/mol. The Kier molecular flexibility index (Phi) is 39.8. The van der Waals surface area contributed by atoms with Crippen molar-refractivity contribution in [1.82, 2.24) is 5.32 Å². The molecule has 0 aliphatic carbocycles. The minimum atomic E-state index is -0.850. The van der Waals surface area contributed by atoms with Crippen LogP contribution in [0.3, 0.4) is 0 Å². The van der Waals surface area contributed by atoms with E-state index in [2.05, 4.69) is 31.3 Å². The number of amides is 1. The molecule has 0 aliphatic heterocycles. The lowest BCUT2D eigenvalue weighted by Gasteiger charge is -2.20. The molecule has 300 valence electrons. The highest BCUT2D eigenvalue weighted by Gasteiger charge is 2.18. The smallest absolute Gasteiger partial charge is 0.305 e. The molecule has 0 rings (SSSR count). The molecule has 0 saturated carbocycles. The van der Waals surface area contributed by atoms with Gasteiger partial charge in [-0.25, -0.2) is 0 Å². The molecule has 0 aliphatic rings. The number of nitrogens with one attached hydrogen (secondary N) is 1. The first kappa shape index (κ1) is 49.3. The Balaban J connectivity index is 3.49. The van der Waals surface area contributed by atoms with Crippen LogP contribution in [0, 0.1) is 0 Å². The lowest BCUT2D eigenvalue weighted by Crippen LogP contribution is -2.45. The fourth-order valence-corrected chi connectivity index (χ4v) is 6.49. The third-order valence-electron chi connectivity index (χ3n) is 9.97. The summed E-state index contributed by atoms with van der Waals surface area (Å²) in [7, 11) is 0. The van der Waals surface area contributed by atoms with E-state index < -0.39 is 12.1 Å². The number of rotatable bonds is 40. The number of ether oxygens (including phenoxy) is 1. The van der Waals surface area contributed by atoms with E-state index in [0.717, 1.165) is 57.8 Å². The van der Waals surface area contributed by atoms with Gasteiger partial charge in [-0.1, -0.05) is 186 Å². The Morgan fingerprint density at radius 1 is 0.529 bits per heavy atom. The standard InChI is InChI=1S/C45H85NO5/c1-3-5-7-9-11-13-18-23-27-31-35-39-45(50)51-40-36-32-28-24-20-17-15-16-19-22-26-30-34-38-44(49)46-42(41-47)43(48)37-33-29-25-21-14-12-10-8-6-4-2/h9,11,33,37,42-43,47-48H,3-8,10,12-32,34-36,38-41H2,1-2H3,(H,46,49)/b11-9-,37-33+. The number of hydrogen-bond donors (Lipinski definition) is 3. The zero-order chi connectivity index (χ0) is 37.3. The van der Waals surface area contributed by atoms with Crippen molar-refractivity contribution in [3.63, 3.8) is 0 Å². The summed E-state index contributed by atoms with van der Waals surface area (Å²) in [5.74, 6) is -0.103. The topological polar surface area (TPSA) is 95.9 Å². The second-order valence-electron chi connectivity index (χ2n) is 15.0. The Labute approximate surface area is 316 Å². The summed E-state index contributed by atoms with van der Waals surface area (Å²) in [6.45, 7) is 4.80. The molecule has 0 aromatic rings. The minimum absolute atomic E-state index is 0.0191. The molecule has 0 bridgehead atoms. The van der Waals surface area contributed by atoms with Crippen molar-refractivity contribution in [3.05, 3.63) is 24.3 Å². The Bertz CT molecular complexity index is 797. The van der Waals surface area contributed by atoms with Crippen LogP contribution in [-0.4, -0.2) is 47.4 Å². The third kappa shape index (κ3) is 37.9. The summed E-state index contributed by atoms with van der Waals surface area (Å²) in [6.07, 6.45) is 45.9. The van der Waals surface area contributed by atoms with E-state index in [1.807, 2.05) is 6.08 Å². The number of carbonyl (C=O) groups excluding carboxylic acids is 2. The molecule has 0 aromatic heterocycles. The molecule has 0 aromatic carbocycles. The van der Waals surface area contributed by atoms with Crippen LogP contribution >= 0.6 is 0 Å². The van der Waals surface area contributed by atoms with Crippen molar-refractivity contribution in [2.75, 3.05) is 13.2 Å². The van der Waals surface area contributed by atoms with Gasteiger partial charge in [0.05, 0.1) is 25.4 Å². The number of aliphatic hydroxyl groups is 2. The molecule has 2 unspecified atom stereocenters. The van der Waals surface area contributed by atoms with Crippen LogP contribution in [0.2, 0.25) is 0 Å². The van der Waals surface area contributed by atoms with Gasteiger partial charge in [-0.15, -0.1) is 0 Å². The molecule has 1 amide bonds. The summed E-state index contributed by atoms with van der Waals surface area (Å²) in [5.41, 5.74) is 0. The van der Waals surface area contributed by atoms with Crippen molar-refractivity contribution >= 4 is 11.9 Å². The molecule has 6 nitrogen and oxygen atoms in total. The average molecular weight is 720 g/mol. The second-order valence-corrected chi connectivity index (χ2v) is 15.0. The number of aliphatic hydroxyl groups excluding tert-OH is 2. The van der Waals surface area contributed by atoms with Gasteiger partial charge in [0.1, 0.15) is 0 Å². The molecule has 0 heterocycles. The third-order valence-corrected chi connectivity index (χ3v) is 9.97. The maximum absolute atomic E-state index is 12.3. The summed E-state index contributed by atoms with van der Waals surface area (Å²) in [5, 5.41) is 22.9. The van der Waals surface area contributed by atoms with Crippen molar-refractivity contribution < 1.29 is 24.5 Å². The maximum Gasteiger partial charge on any atom is 0.305 e. The Morgan fingerprint density at radius 3 is 1.45 bits per heavy atom. The highest BCUT2D eigenvalue weighted by Crippen LogP contribution is 2.14. The van der Waals surface area contributed by atoms with E-state index in [-0.39, 0.29) is 18.5 Å². The minimum Gasteiger partial charge on any atom is -0.466 e. The van der Waals surface area contributed by atoms with Gasteiger partial charge in [0.25, 0.3) is 0 Å². The fourth-order valence-electron chi connectivity index (χ4n) is 6.49. The molecule has 0 fully saturated rings. The van der Waals surface area contributed by atoms with Crippen molar-refractivity contribution in [2.24, 2.45) is 0 Å². The molecule has 0 saturated heterocycles. The van der Waals surface area contributed by atoms with Crippen LogP contribution in [0.4, 0.5) is 0 Å². The van der Waals surface area contributed by atoms with E-state index in [4.69, 9.17) is 4.74 Å². The van der Waals surface area contributed by atoms with Crippen molar-refractivity contribution in [1.29, 1.82) is 0 Å². The molecule has 3 N–H and O–H groups in total. The lowest BCUT2D eigenvalue weighted by molar-refractivity contribution is -0.143. The number of hydrogen-bond acceptors (Lipinski definition) is 5. The van der Waals surface area contributed by atoms with Crippen molar-refractivity contribution in [3.8, 4) is 0 Å². The summed E-state index contributed by atoms with van der Waals surface area (Å²) < 4.78 is 5.42. The first-order chi connectivity index (χ1) is 25.0. The van der Waals surface area contributed by atoms with Crippen LogP contribution in [-0.2, 0) is 14.3 Å². The maximum atomic E-state index is 12.3. The number of carbonyl (C=O) groups is 2. The van der Waals surface area contributed by atoms with Gasteiger partial charge < -0.3 is 20.3 Å². The van der Waals surface area contributed by atoms with E-state index in [1.54, 1.807) is 6.08 Å². The summed E-state index contributed by atoms with van der Waals surface area (Å²) in [4.78, 5) is 24.3. The quantitative estimate of drug-likeness (QED) is 0.0333. The van der Waals surface area contributed by atoms with Gasteiger partial charge in [0.15, 0.2) is 0 Å². The summed E-state index contributed by atoms with van der Waals surface area (Å²) in [6, 6.07) is -0.635. The highest BCUT2D eigenvalue weighted by molar-refractivity contribution is 5.76. The van der Waals surface area contributed by atoms with E-state index in [9.17, 15) is 19.8 Å². The van der Waals surface area contributed by atoms with Crippen molar-refractivity contribution in [2.45, 2.75) is 238 Å². The summed E-state index contributed by atoms with van der Waals surface area (Å²) >= 11 is 0. The normalized spacial score (nSPS) is 12.9. The van der Waals surface area contributed by atoms with Gasteiger partial charge in [0, 0.05) is 12.8 Å². The Hall–Kier alpha value is -1.66. The number of esters is 1. The van der Waals surface area contributed by atoms with Gasteiger partial charge in [0.2, 0.25) is 5.91 Å². The number of unbranched alkanes of at least 4 members (excludes halogenated alkanes) is 27. The van der Waals surface area contributed by atoms with Crippen LogP contribution in [0.25, 0.3) is 0 Å². The fraction of sp³-hybridized carbons (Fsp3) is 0.867. The van der Waals surface area contributed by atoms with Gasteiger partial charge >= 0.3 is 5.97 Å². The molecule has 0 spiro atoms. The Morgan fingerprint density at radius 2 is 0.941 bits per heavy atom. The van der Waals surface area contributed by atoms with Gasteiger partial charge in [-0.3, -0.25) is 9.59 Å². The van der Waals surface area contributed by atoms with E-state index in [0.29, 0.717) is 19.4 Å². The molecule has 6 heteroatoms. The number of allylic oxidation sites excluding steroid dienone is 3. The molecule has 2 atom stereocenters. The largest absolute Gasteiger partial charge is 0.466 e. The van der Waals surface area contributed by atoms with Crippen LogP contribution in [0.5, 0.6) is 0 Å². The van der Waals surface area contributed by atoms with E-state index in [1.165, 1.54) is 141 Å². The monoisotopic (exact) mass is 720 g/mol. The van der Waals surface area contributed by atoms with Crippen LogP contribution < -0.4 is 5.32 Å². The van der Waals surface area contributed by atoms with Crippen LogP contribution in [0.1, 0.15) is 226 Å². The SMILES string of the molecule is CCCC/C=C\CCCCCCCC(=O)OCCCCCCCCCCCCCCCC(=O)NC(CO)C(O)/C=C/CCCCCCCCCC. The zero-order valence-corrected chi connectivity index (χ0v) is 33.8. The van der Waals surface area contributed by atoms with Gasteiger partial charge in [-0.2, -0.15) is 0 Å². The van der Waals surface area contributed by atoms with Gasteiger partial charge in [-0.05, 0) is 51.4 Å². The molecular formula is C45H85NO5. The lowest BCUT2D eigenvalue weighted by atomic mass is 10.0. The molecular weight excluding hydrogens is 634 g/mol. The first-order valence-electron chi connectivity index (χ1n) is 22.1. The predicted octanol–water partition coefficient (Wildman–Crippen LogP) is 12.4. The highest BCUT2D eigenvalue weighted by atomic mass is 16.5. The molecule has 0 radical (unpaired) electrons. The first-order valence-corrected chi connectivity index (χ1v) is 22.1. The average Bonchev–Trinajstić information content (AvgIpc) is 3.13. The zero-order valence-electron chi connectivity index (χ0n) is 33.8. The van der Waals surface area contributed by atoms with Crippen LogP contribution in [0.15, 0.2) is 24.3 Å². The second kappa shape index (κ2) is 41.1. The molecule has 51 heavy (non-hydrogen) atoms. The van der Waals surface area contributed by atoms with E-state index >= 15 is 0 Å².